The summed E-state index contributed by atoms with van der Waals surface area (Å²) < 4.78 is 0. The summed E-state index contributed by atoms with van der Waals surface area (Å²) >= 11 is 13.2. The molecule has 28 heavy (non-hydrogen) atoms. The molecule has 0 aliphatic carbocycles. The number of benzene rings is 3. The van der Waals surface area contributed by atoms with Gasteiger partial charge in [-0.2, -0.15) is 0 Å². The van der Waals surface area contributed by atoms with Gasteiger partial charge in [0.15, 0.2) is 0 Å². The number of halogens is 2. The van der Waals surface area contributed by atoms with Gasteiger partial charge in [0.2, 0.25) is 0 Å². The van der Waals surface area contributed by atoms with Gasteiger partial charge in [0.1, 0.15) is 0 Å². The first-order valence-electron chi connectivity index (χ1n) is 9.70. The van der Waals surface area contributed by atoms with Crippen molar-refractivity contribution in [2.75, 3.05) is 0 Å². The van der Waals surface area contributed by atoms with Crippen molar-refractivity contribution < 1.29 is 10.0 Å². The van der Waals surface area contributed by atoms with Crippen LogP contribution in [0.1, 0.15) is 54.4 Å². The fourth-order valence-electron chi connectivity index (χ4n) is 4.11. The minimum atomic E-state index is -1.63. The molecule has 0 aliphatic heterocycles. The van der Waals surface area contributed by atoms with Gasteiger partial charge in [-0.05, 0) is 58.8 Å². The number of unbranched alkanes of at least 4 members (excludes halogenated alkanes) is 1. The molecule has 3 aromatic carbocycles. The molecule has 1 atom stereocenters. The van der Waals surface area contributed by atoms with Gasteiger partial charge < -0.3 is 10.0 Å². The SMILES string of the molecule is CCCCC(c1c(Cl)c(C)c(Cl)c(C)c1B(O)O)c1cccc2ccccc12. The van der Waals surface area contributed by atoms with Gasteiger partial charge in [-0.25, -0.2) is 0 Å². The van der Waals surface area contributed by atoms with Crippen LogP contribution in [0.3, 0.4) is 0 Å². The van der Waals surface area contributed by atoms with Crippen molar-refractivity contribution in [1.82, 2.24) is 0 Å². The summed E-state index contributed by atoms with van der Waals surface area (Å²) in [6.07, 6.45) is 2.91. The number of hydrogen-bond donors (Lipinski definition) is 2. The zero-order chi connectivity index (χ0) is 20.4. The second-order valence-electron chi connectivity index (χ2n) is 7.34. The predicted molar refractivity (Wildman–Crippen MR) is 121 cm³/mol. The average molecular weight is 415 g/mol. The van der Waals surface area contributed by atoms with E-state index in [1.54, 1.807) is 0 Å². The van der Waals surface area contributed by atoms with Crippen LogP contribution in [0.25, 0.3) is 10.8 Å². The normalized spacial score (nSPS) is 12.4. The minimum Gasteiger partial charge on any atom is -0.423 e. The Morgan fingerprint density at radius 3 is 2.29 bits per heavy atom. The van der Waals surface area contributed by atoms with E-state index in [4.69, 9.17) is 23.2 Å². The zero-order valence-corrected chi connectivity index (χ0v) is 18.0. The van der Waals surface area contributed by atoms with Gasteiger partial charge in [-0.3, -0.25) is 0 Å². The first-order chi connectivity index (χ1) is 13.4. The molecule has 5 heteroatoms. The van der Waals surface area contributed by atoms with Crippen LogP contribution in [0, 0.1) is 13.8 Å². The third kappa shape index (κ3) is 3.82. The summed E-state index contributed by atoms with van der Waals surface area (Å²) in [7, 11) is -1.63. The fourth-order valence-corrected chi connectivity index (χ4v) is 4.68. The Kier molecular flexibility index (Phi) is 6.72. The Labute approximate surface area is 177 Å². The van der Waals surface area contributed by atoms with E-state index in [-0.39, 0.29) is 5.92 Å². The van der Waals surface area contributed by atoms with Crippen LogP contribution in [-0.4, -0.2) is 17.2 Å². The quantitative estimate of drug-likeness (QED) is 0.503. The monoisotopic (exact) mass is 414 g/mol. The lowest BCUT2D eigenvalue weighted by molar-refractivity contribution is 0.424. The highest BCUT2D eigenvalue weighted by atomic mass is 35.5. The summed E-state index contributed by atoms with van der Waals surface area (Å²) in [5.74, 6) is -0.0509. The van der Waals surface area contributed by atoms with Gasteiger partial charge >= 0.3 is 7.12 Å². The van der Waals surface area contributed by atoms with Crippen LogP contribution in [0.4, 0.5) is 0 Å². The van der Waals surface area contributed by atoms with Crippen molar-refractivity contribution in [3.05, 3.63) is 74.8 Å². The van der Waals surface area contributed by atoms with Crippen LogP contribution < -0.4 is 5.46 Å². The second-order valence-corrected chi connectivity index (χ2v) is 8.10. The molecule has 0 aliphatic rings. The Morgan fingerprint density at radius 1 is 0.929 bits per heavy atom. The van der Waals surface area contributed by atoms with Gasteiger partial charge in [0.05, 0.1) is 0 Å². The van der Waals surface area contributed by atoms with E-state index in [9.17, 15) is 10.0 Å². The number of rotatable bonds is 6. The van der Waals surface area contributed by atoms with E-state index in [1.165, 1.54) is 0 Å². The van der Waals surface area contributed by atoms with E-state index < -0.39 is 7.12 Å². The molecule has 0 saturated carbocycles. The zero-order valence-electron chi connectivity index (χ0n) is 16.5. The van der Waals surface area contributed by atoms with Crippen LogP contribution in [0.2, 0.25) is 10.0 Å². The van der Waals surface area contributed by atoms with E-state index in [0.29, 0.717) is 21.1 Å². The van der Waals surface area contributed by atoms with E-state index >= 15 is 0 Å². The maximum Gasteiger partial charge on any atom is 0.489 e. The molecule has 2 N–H and O–H groups in total. The third-order valence-corrected chi connectivity index (χ3v) is 6.62. The summed E-state index contributed by atoms with van der Waals surface area (Å²) in [5, 5.41) is 23.7. The molecular weight excluding hydrogens is 390 g/mol. The van der Waals surface area contributed by atoms with Gasteiger partial charge in [0.25, 0.3) is 0 Å². The Bertz CT molecular complexity index is 996. The number of hydrogen-bond acceptors (Lipinski definition) is 2. The average Bonchev–Trinajstić information content (AvgIpc) is 2.69. The maximum absolute atomic E-state index is 10.2. The molecule has 0 radical (unpaired) electrons. The third-order valence-electron chi connectivity index (χ3n) is 5.57. The minimum absolute atomic E-state index is 0.0509. The molecule has 0 aromatic heterocycles. The standard InChI is InChI=1S/C23H25BCl2O2/c1-4-5-11-19(18-13-8-10-16-9-6-7-12-17(16)18)20-21(24(27)28)14(2)22(25)15(3)23(20)26/h6-10,12-13,19,27-28H,4-5,11H2,1-3H3. The van der Waals surface area contributed by atoms with Gasteiger partial charge in [0, 0.05) is 16.0 Å². The molecule has 0 fully saturated rings. The predicted octanol–water partition coefficient (Wildman–Crippen LogP) is 5.77. The highest BCUT2D eigenvalue weighted by molar-refractivity contribution is 6.61. The molecule has 146 valence electrons. The molecule has 0 bridgehead atoms. The van der Waals surface area contributed by atoms with E-state index in [2.05, 4.69) is 37.3 Å². The smallest absolute Gasteiger partial charge is 0.423 e. The van der Waals surface area contributed by atoms with Gasteiger partial charge in [-0.1, -0.05) is 85.4 Å². The molecular formula is C23H25BCl2O2. The van der Waals surface area contributed by atoms with E-state index in [0.717, 1.165) is 46.7 Å². The Hall–Kier alpha value is -1.52. The largest absolute Gasteiger partial charge is 0.489 e. The first kappa shape index (κ1) is 21.2. The van der Waals surface area contributed by atoms with Crippen LogP contribution in [0.5, 0.6) is 0 Å². The summed E-state index contributed by atoms with van der Waals surface area (Å²) in [4.78, 5) is 0. The highest BCUT2D eigenvalue weighted by Crippen LogP contribution is 2.40. The van der Waals surface area contributed by atoms with Crippen molar-refractivity contribution in [1.29, 1.82) is 0 Å². The van der Waals surface area contributed by atoms with Crippen molar-refractivity contribution in [2.45, 2.75) is 46.0 Å². The molecule has 0 saturated heterocycles. The lowest BCUT2D eigenvalue weighted by atomic mass is 9.68. The fraction of sp³-hybridized carbons (Fsp3) is 0.304. The first-order valence-corrected chi connectivity index (χ1v) is 10.5. The Morgan fingerprint density at radius 2 is 1.61 bits per heavy atom. The molecule has 1 unspecified atom stereocenters. The van der Waals surface area contributed by atoms with Gasteiger partial charge in [-0.15, -0.1) is 0 Å². The summed E-state index contributed by atoms with van der Waals surface area (Å²) in [6, 6.07) is 14.5. The maximum atomic E-state index is 10.2. The molecule has 0 heterocycles. The van der Waals surface area contributed by atoms with Crippen LogP contribution in [0.15, 0.2) is 42.5 Å². The molecule has 0 amide bonds. The molecule has 3 rings (SSSR count). The van der Waals surface area contributed by atoms with Crippen LogP contribution in [-0.2, 0) is 0 Å². The molecule has 0 spiro atoms. The van der Waals surface area contributed by atoms with E-state index in [1.807, 2.05) is 26.0 Å². The lowest BCUT2D eigenvalue weighted by Gasteiger charge is -2.27. The van der Waals surface area contributed by atoms with Crippen molar-refractivity contribution in [2.24, 2.45) is 0 Å². The Balaban J connectivity index is 2.35. The second kappa shape index (κ2) is 8.88. The summed E-state index contributed by atoms with van der Waals surface area (Å²) in [5.41, 5.74) is 3.81. The van der Waals surface area contributed by atoms with Crippen LogP contribution >= 0.6 is 23.2 Å². The lowest BCUT2D eigenvalue weighted by Crippen LogP contribution is -2.37. The van der Waals surface area contributed by atoms with Crippen molar-refractivity contribution in [3.8, 4) is 0 Å². The van der Waals surface area contributed by atoms with Crippen molar-refractivity contribution in [3.63, 3.8) is 0 Å². The highest BCUT2D eigenvalue weighted by Gasteiger charge is 2.30. The molecule has 2 nitrogen and oxygen atoms in total. The molecule has 3 aromatic rings. The number of fused-ring (bicyclic) bond motifs is 1. The summed E-state index contributed by atoms with van der Waals surface area (Å²) in [6.45, 7) is 5.86. The topological polar surface area (TPSA) is 40.5 Å². The van der Waals surface area contributed by atoms with Crippen molar-refractivity contribution >= 4 is 46.6 Å².